The largest absolute Gasteiger partial charge is 0.317 e. The van der Waals surface area contributed by atoms with Crippen molar-refractivity contribution in [1.82, 2.24) is 15.8 Å². The van der Waals surface area contributed by atoms with Gasteiger partial charge in [0.2, 0.25) is 0 Å². The van der Waals surface area contributed by atoms with Crippen LogP contribution in [0.3, 0.4) is 0 Å². The van der Waals surface area contributed by atoms with Crippen LogP contribution in [0.2, 0.25) is 0 Å². The van der Waals surface area contributed by atoms with E-state index in [1.807, 2.05) is 5.43 Å². The topological polar surface area (TPSA) is 91.4 Å². The predicted molar refractivity (Wildman–Crippen MR) is 90.5 cm³/mol. The molecule has 2 aromatic rings. The summed E-state index contributed by atoms with van der Waals surface area (Å²) in [5, 5.41) is 0. The monoisotopic (exact) mass is 442 g/mol. The molecule has 0 saturated carbocycles. The summed E-state index contributed by atoms with van der Waals surface area (Å²) in [5.41, 5.74) is 4.22. The molecule has 11 heteroatoms. The zero-order valence-corrected chi connectivity index (χ0v) is 14.9. The molecule has 27 heavy (non-hydrogen) atoms. The molecular weight excluding hydrogens is 433 g/mol. The lowest BCUT2D eigenvalue weighted by molar-refractivity contribution is -0.132. The highest BCUT2D eigenvalue weighted by Crippen LogP contribution is 2.33. The van der Waals surface area contributed by atoms with Gasteiger partial charge in [0.15, 0.2) is 0 Å². The molecule has 3 amide bonds. The third-order valence-electron chi connectivity index (χ3n) is 3.71. The van der Waals surface area contributed by atoms with Crippen molar-refractivity contribution < 1.29 is 27.6 Å². The fourth-order valence-corrected chi connectivity index (χ4v) is 3.00. The Morgan fingerprint density at radius 3 is 2.63 bits per heavy atom. The molecule has 0 atom stereocenters. The van der Waals surface area contributed by atoms with Gasteiger partial charge < -0.3 is 4.90 Å². The van der Waals surface area contributed by atoms with Gasteiger partial charge in [0.05, 0.1) is 29.1 Å². The molecule has 7 nitrogen and oxygen atoms in total. The first-order valence-electron chi connectivity index (χ1n) is 7.42. The second-order valence-corrected chi connectivity index (χ2v) is 6.30. The van der Waals surface area contributed by atoms with Crippen LogP contribution < -0.4 is 15.8 Å². The fourth-order valence-electron chi connectivity index (χ4n) is 2.44. The van der Waals surface area contributed by atoms with Crippen molar-refractivity contribution >= 4 is 39.3 Å². The number of hydrogen-bond donors (Lipinski definition) is 2. The first-order chi connectivity index (χ1) is 12.8. The molecule has 1 aliphatic rings. The summed E-state index contributed by atoms with van der Waals surface area (Å²) in [6.45, 7) is 0.114. The Morgan fingerprint density at radius 1 is 1.22 bits per heavy atom. The number of amides is 3. The number of hydrazine groups is 1. The lowest BCUT2D eigenvalue weighted by Crippen LogP contribution is -2.44. The summed E-state index contributed by atoms with van der Waals surface area (Å²) in [7, 11) is 0. The molecule has 1 aliphatic heterocycles. The molecule has 1 aromatic carbocycles. The molecule has 0 aliphatic carbocycles. The van der Waals surface area contributed by atoms with Crippen molar-refractivity contribution in [2.24, 2.45) is 0 Å². The van der Waals surface area contributed by atoms with Gasteiger partial charge in [-0.25, -0.2) is 4.39 Å². The number of halogens is 4. The van der Waals surface area contributed by atoms with Gasteiger partial charge in [0.25, 0.3) is 11.8 Å². The molecule has 2 heterocycles. The summed E-state index contributed by atoms with van der Waals surface area (Å²) in [4.78, 5) is 40.8. The number of carbonyl (C=O) groups is 3. The van der Waals surface area contributed by atoms with Crippen LogP contribution in [0, 0.1) is 5.82 Å². The van der Waals surface area contributed by atoms with Crippen LogP contribution in [0.5, 0.6) is 0 Å². The van der Waals surface area contributed by atoms with E-state index in [-0.39, 0.29) is 17.7 Å². The van der Waals surface area contributed by atoms with Crippen LogP contribution in [-0.4, -0.2) is 29.1 Å². The summed E-state index contributed by atoms with van der Waals surface area (Å²) in [6.07, 6.45) is -2.13. The third-order valence-corrected chi connectivity index (χ3v) is 4.35. The van der Waals surface area contributed by atoms with Crippen molar-refractivity contribution in [3.63, 3.8) is 0 Å². The van der Waals surface area contributed by atoms with Gasteiger partial charge in [-0.05, 0) is 40.2 Å². The molecule has 0 saturated heterocycles. The number of carbonyl (C=O) groups excluding carboxylic acids is 3. The van der Waals surface area contributed by atoms with E-state index in [4.69, 9.17) is 0 Å². The van der Waals surface area contributed by atoms with E-state index in [9.17, 15) is 27.6 Å². The number of rotatable bonds is 3. The average molecular weight is 443 g/mol. The SMILES string of the molecule is O=C(NNC(=O)C(F)F)c1cnc2c(c1)C(=O)N(c1ccc(F)cc1Br)C2. The van der Waals surface area contributed by atoms with Gasteiger partial charge in [-0.2, -0.15) is 8.78 Å². The third kappa shape index (κ3) is 3.77. The van der Waals surface area contributed by atoms with Crippen LogP contribution in [0.4, 0.5) is 18.9 Å². The van der Waals surface area contributed by atoms with E-state index in [0.717, 1.165) is 6.20 Å². The van der Waals surface area contributed by atoms with Gasteiger partial charge in [-0.3, -0.25) is 30.2 Å². The number of pyridine rings is 1. The van der Waals surface area contributed by atoms with Gasteiger partial charge >= 0.3 is 12.3 Å². The number of alkyl halides is 2. The van der Waals surface area contributed by atoms with E-state index in [1.54, 1.807) is 5.43 Å². The fraction of sp³-hybridized carbons (Fsp3) is 0.125. The zero-order chi connectivity index (χ0) is 19.7. The Balaban J connectivity index is 1.80. The van der Waals surface area contributed by atoms with Crippen LogP contribution >= 0.6 is 15.9 Å². The molecule has 0 spiro atoms. The van der Waals surface area contributed by atoms with Crippen molar-refractivity contribution in [3.05, 3.63) is 57.6 Å². The maximum Gasteiger partial charge on any atom is 0.317 e. The second-order valence-electron chi connectivity index (χ2n) is 5.45. The Labute approximate surface area is 158 Å². The van der Waals surface area contributed by atoms with Gasteiger partial charge in [0, 0.05) is 10.7 Å². The molecule has 3 rings (SSSR count). The molecule has 0 unspecified atom stereocenters. The number of nitrogens with zero attached hydrogens (tertiary/aromatic N) is 2. The minimum Gasteiger partial charge on any atom is -0.301 e. The molecule has 0 fully saturated rings. The number of fused-ring (bicyclic) bond motifs is 1. The smallest absolute Gasteiger partial charge is 0.301 e. The molecule has 1 aromatic heterocycles. The lowest BCUT2D eigenvalue weighted by Gasteiger charge is -2.17. The quantitative estimate of drug-likeness (QED) is 0.712. The highest BCUT2D eigenvalue weighted by Gasteiger charge is 2.31. The first-order valence-corrected chi connectivity index (χ1v) is 8.21. The predicted octanol–water partition coefficient (Wildman–Crippen LogP) is 2.17. The molecule has 2 N–H and O–H groups in total. The van der Waals surface area contributed by atoms with E-state index >= 15 is 0 Å². The Bertz CT molecular complexity index is 955. The number of hydrogen-bond acceptors (Lipinski definition) is 4. The Morgan fingerprint density at radius 2 is 1.96 bits per heavy atom. The molecular formula is C16H10BrF3N4O3. The zero-order valence-electron chi connectivity index (χ0n) is 13.3. The summed E-state index contributed by atoms with van der Waals surface area (Å²) in [6, 6.07) is 5.08. The minimum atomic E-state index is -3.28. The molecule has 0 bridgehead atoms. The van der Waals surface area contributed by atoms with E-state index in [2.05, 4.69) is 20.9 Å². The van der Waals surface area contributed by atoms with Crippen molar-refractivity contribution in [3.8, 4) is 0 Å². The van der Waals surface area contributed by atoms with Crippen LogP contribution in [0.1, 0.15) is 26.4 Å². The van der Waals surface area contributed by atoms with Crippen molar-refractivity contribution in [1.29, 1.82) is 0 Å². The van der Waals surface area contributed by atoms with Crippen molar-refractivity contribution in [2.75, 3.05) is 4.90 Å². The van der Waals surface area contributed by atoms with Crippen LogP contribution in [0.25, 0.3) is 0 Å². The highest BCUT2D eigenvalue weighted by atomic mass is 79.9. The summed E-state index contributed by atoms with van der Waals surface area (Å²) >= 11 is 3.19. The summed E-state index contributed by atoms with van der Waals surface area (Å²) < 4.78 is 37.9. The first kappa shape index (κ1) is 18.8. The summed E-state index contributed by atoms with van der Waals surface area (Å²) in [5.74, 6) is -3.51. The average Bonchev–Trinajstić information content (AvgIpc) is 2.95. The van der Waals surface area contributed by atoms with E-state index < -0.39 is 30.0 Å². The molecule has 140 valence electrons. The van der Waals surface area contributed by atoms with Crippen LogP contribution in [0.15, 0.2) is 34.9 Å². The standard InChI is InChI=1S/C16H10BrF3N4O3/c17-10-4-8(18)1-2-12(10)24-6-11-9(16(24)27)3-7(5-21-11)14(25)22-23-15(26)13(19)20/h1-5,13H,6H2,(H,22,25)(H,23,26). The Kier molecular flexibility index (Phi) is 5.13. The molecule has 0 radical (unpaired) electrons. The normalized spacial score (nSPS) is 12.9. The van der Waals surface area contributed by atoms with E-state index in [1.165, 1.54) is 29.2 Å². The number of aromatic nitrogens is 1. The van der Waals surface area contributed by atoms with Gasteiger partial charge in [0.1, 0.15) is 5.82 Å². The highest BCUT2D eigenvalue weighted by molar-refractivity contribution is 9.10. The Hall–Kier alpha value is -2.95. The van der Waals surface area contributed by atoms with Crippen LogP contribution in [-0.2, 0) is 11.3 Å². The maximum atomic E-state index is 13.2. The maximum absolute atomic E-state index is 13.2. The lowest BCUT2D eigenvalue weighted by atomic mass is 10.1. The van der Waals surface area contributed by atoms with Crippen molar-refractivity contribution in [2.45, 2.75) is 13.0 Å². The minimum absolute atomic E-state index is 0.100. The number of nitrogens with one attached hydrogen (secondary N) is 2. The number of benzene rings is 1. The van der Waals surface area contributed by atoms with E-state index in [0.29, 0.717) is 15.9 Å². The van der Waals surface area contributed by atoms with Gasteiger partial charge in [-0.1, -0.05) is 0 Å². The number of anilines is 1. The second kappa shape index (κ2) is 7.35. The van der Waals surface area contributed by atoms with Gasteiger partial charge in [-0.15, -0.1) is 0 Å².